The molecule has 2 unspecified atom stereocenters. The third-order valence-corrected chi connectivity index (χ3v) is 5.11. The molecule has 2 N–H and O–H groups in total. The molecule has 0 aromatic carbocycles. The Morgan fingerprint density at radius 3 is 2.79 bits per heavy atom. The summed E-state index contributed by atoms with van der Waals surface area (Å²) in [6.07, 6.45) is 6.36. The van der Waals surface area contributed by atoms with Gasteiger partial charge in [0.05, 0.1) is 6.61 Å². The van der Waals surface area contributed by atoms with Crippen molar-refractivity contribution in [3.05, 3.63) is 0 Å². The van der Waals surface area contributed by atoms with Gasteiger partial charge < -0.3 is 15.4 Å². The SMILES string of the molecule is COCC1CCCN(C2(CN)CCCN(C)CC2)C1. The first-order valence-corrected chi connectivity index (χ1v) is 7.83. The maximum atomic E-state index is 6.21. The van der Waals surface area contributed by atoms with Crippen LogP contribution in [0.1, 0.15) is 32.1 Å². The first-order valence-electron chi connectivity index (χ1n) is 7.83. The number of piperidine rings is 1. The van der Waals surface area contributed by atoms with Gasteiger partial charge in [0.15, 0.2) is 0 Å². The molecule has 2 aliphatic rings. The third kappa shape index (κ3) is 3.69. The van der Waals surface area contributed by atoms with Crippen molar-refractivity contribution in [2.45, 2.75) is 37.6 Å². The van der Waals surface area contributed by atoms with Gasteiger partial charge in [0.2, 0.25) is 0 Å². The number of hydrogen-bond acceptors (Lipinski definition) is 4. The molecule has 2 aliphatic heterocycles. The Morgan fingerprint density at radius 2 is 2.05 bits per heavy atom. The summed E-state index contributed by atoms with van der Waals surface area (Å²) >= 11 is 0. The minimum absolute atomic E-state index is 0.247. The summed E-state index contributed by atoms with van der Waals surface area (Å²) in [5.41, 5.74) is 6.46. The summed E-state index contributed by atoms with van der Waals surface area (Å²) in [5, 5.41) is 0. The van der Waals surface area contributed by atoms with E-state index in [-0.39, 0.29) is 5.54 Å². The molecule has 0 spiro atoms. The second kappa shape index (κ2) is 7.02. The smallest absolute Gasteiger partial charge is 0.0502 e. The highest BCUT2D eigenvalue weighted by molar-refractivity contribution is 4.96. The van der Waals surface area contributed by atoms with Crippen LogP contribution in [-0.4, -0.2) is 68.8 Å². The second-order valence-electron chi connectivity index (χ2n) is 6.49. The minimum Gasteiger partial charge on any atom is -0.384 e. The molecule has 112 valence electrons. The quantitative estimate of drug-likeness (QED) is 0.831. The highest BCUT2D eigenvalue weighted by Gasteiger charge is 2.38. The number of ether oxygens (including phenoxy) is 1. The molecule has 0 aromatic heterocycles. The molecular formula is C15H31N3O. The zero-order valence-electron chi connectivity index (χ0n) is 12.7. The van der Waals surface area contributed by atoms with E-state index in [0.717, 1.165) is 13.2 Å². The lowest BCUT2D eigenvalue weighted by atomic mass is 9.85. The Morgan fingerprint density at radius 1 is 1.21 bits per heavy atom. The first-order chi connectivity index (χ1) is 9.20. The average Bonchev–Trinajstić information content (AvgIpc) is 2.62. The molecule has 2 heterocycles. The standard InChI is InChI=1S/C15H31N3O/c1-17-8-4-6-15(13-16,7-10-17)18-9-3-5-14(11-18)12-19-2/h14H,3-13,16H2,1-2H3. The van der Waals surface area contributed by atoms with E-state index in [1.807, 2.05) is 7.11 Å². The van der Waals surface area contributed by atoms with E-state index in [1.165, 1.54) is 58.3 Å². The Balaban J connectivity index is 2.02. The van der Waals surface area contributed by atoms with Crippen molar-refractivity contribution >= 4 is 0 Å². The van der Waals surface area contributed by atoms with Crippen LogP contribution in [0.2, 0.25) is 0 Å². The van der Waals surface area contributed by atoms with Crippen LogP contribution in [0, 0.1) is 5.92 Å². The molecule has 0 amide bonds. The maximum Gasteiger partial charge on any atom is 0.0502 e. The van der Waals surface area contributed by atoms with Gasteiger partial charge in [-0.3, -0.25) is 4.90 Å². The fourth-order valence-electron chi connectivity index (χ4n) is 3.83. The summed E-state index contributed by atoms with van der Waals surface area (Å²) in [5.74, 6) is 0.697. The van der Waals surface area contributed by atoms with E-state index in [4.69, 9.17) is 10.5 Å². The fraction of sp³-hybridized carbons (Fsp3) is 1.00. The van der Waals surface area contributed by atoms with Gasteiger partial charge in [-0.05, 0) is 64.7 Å². The number of methoxy groups -OCH3 is 1. The van der Waals surface area contributed by atoms with Crippen LogP contribution < -0.4 is 5.73 Å². The number of likely N-dealkylation sites (tertiary alicyclic amines) is 2. The van der Waals surface area contributed by atoms with Gasteiger partial charge in [-0.15, -0.1) is 0 Å². The molecule has 2 rings (SSSR count). The van der Waals surface area contributed by atoms with E-state index < -0.39 is 0 Å². The largest absolute Gasteiger partial charge is 0.384 e. The minimum atomic E-state index is 0.247. The summed E-state index contributed by atoms with van der Waals surface area (Å²) in [4.78, 5) is 5.15. The van der Waals surface area contributed by atoms with Gasteiger partial charge in [0.25, 0.3) is 0 Å². The van der Waals surface area contributed by atoms with Crippen LogP contribution in [-0.2, 0) is 4.74 Å². The van der Waals surface area contributed by atoms with E-state index in [1.54, 1.807) is 0 Å². The summed E-state index contributed by atoms with van der Waals surface area (Å²) in [6.45, 7) is 6.51. The van der Waals surface area contributed by atoms with Gasteiger partial charge in [0, 0.05) is 25.7 Å². The molecule has 2 atom stereocenters. The van der Waals surface area contributed by atoms with Gasteiger partial charge in [-0.2, -0.15) is 0 Å². The van der Waals surface area contributed by atoms with Crippen LogP contribution in [0.25, 0.3) is 0 Å². The third-order valence-electron chi connectivity index (χ3n) is 5.11. The molecular weight excluding hydrogens is 238 g/mol. The van der Waals surface area contributed by atoms with Crippen molar-refractivity contribution in [2.75, 3.05) is 53.5 Å². The molecule has 0 saturated carbocycles. The lowest BCUT2D eigenvalue weighted by molar-refractivity contribution is 0.0144. The highest BCUT2D eigenvalue weighted by atomic mass is 16.5. The Hall–Kier alpha value is -0.160. The molecule has 4 nitrogen and oxygen atoms in total. The molecule has 19 heavy (non-hydrogen) atoms. The zero-order valence-corrected chi connectivity index (χ0v) is 12.7. The van der Waals surface area contributed by atoms with Crippen LogP contribution in [0.4, 0.5) is 0 Å². The van der Waals surface area contributed by atoms with Crippen LogP contribution in [0.15, 0.2) is 0 Å². The van der Waals surface area contributed by atoms with Gasteiger partial charge in [0.1, 0.15) is 0 Å². The van der Waals surface area contributed by atoms with Gasteiger partial charge in [-0.25, -0.2) is 0 Å². The molecule has 0 bridgehead atoms. The van der Waals surface area contributed by atoms with E-state index in [9.17, 15) is 0 Å². The highest BCUT2D eigenvalue weighted by Crippen LogP contribution is 2.32. The number of rotatable bonds is 4. The monoisotopic (exact) mass is 269 g/mol. The van der Waals surface area contributed by atoms with E-state index in [2.05, 4.69) is 16.8 Å². The topological polar surface area (TPSA) is 41.7 Å². The molecule has 2 saturated heterocycles. The number of nitrogens with zero attached hydrogens (tertiary/aromatic N) is 2. The van der Waals surface area contributed by atoms with Gasteiger partial charge in [-0.1, -0.05) is 0 Å². The van der Waals surface area contributed by atoms with Crippen molar-refractivity contribution < 1.29 is 4.74 Å². The number of hydrogen-bond donors (Lipinski definition) is 1. The molecule has 0 radical (unpaired) electrons. The average molecular weight is 269 g/mol. The summed E-state index contributed by atoms with van der Waals surface area (Å²) in [6, 6.07) is 0. The van der Waals surface area contributed by atoms with Gasteiger partial charge >= 0.3 is 0 Å². The summed E-state index contributed by atoms with van der Waals surface area (Å²) < 4.78 is 5.36. The van der Waals surface area contributed by atoms with E-state index in [0.29, 0.717) is 5.92 Å². The van der Waals surface area contributed by atoms with Crippen molar-refractivity contribution in [1.29, 1.82) is 0 Å². The van der Waals surface area contributed by atoms with Crippen molar-refractivity contribution in [3.63, 3.8) is 0 Å². The lowest BCUT2D eigenvalue weighted by Gasteiger charge is -2.47. The van der Waals surface area contributed by atoms with Crippen molar-refractivity contribution in [2.24, 2.45) is 11.7 Å². The first kappa shape index (κ1) is 15.2. The molecule has 4 heteroatoms. The lowest BCUT2D eigenvalue weighted by Crippen LogP contribution is -2.57. The Kier molecular flexibility index (Phi) is 5.63. The summed E-state index contributed by atoms with van der Waals surface area (Å²) in [7, 11) is 4.05. The Labute approximate surface area is 118 Å². The number of nitrogens with two attached hydrogens (primary N) is 1. The predicted octanol–water partition coefficient (Wildman–Crippen LogP) is 1.16. The molecule has 2 fully saturated rings. The fourth-order valence-corrected chi connectivity index (χ4v) is 3.83. The predicted molar refractivity (Wildman–Crippen MR) is 79.3 cm³/mol. The van der Waals surface area contributed by atoms with Crippen LogP contribution >= 0.6 is 0 Å². The maximum absolute atomic E-state index is 6.21. The van der Waals surface area contributed by atoms with Crippen LogP contribution in [0.5, 0.6) is 0 Å². The normalized spacial score (nSPS) is 35.2. The second-order valence-corrected chi connectivity index (χ2v) is 6.49. The zero-order chi connectivity index (χ0) is 13.7. The van der Waals surface area contributed by atoms with Crippen molar-refractivity contribution in [1.82, 2.24) is 9.80 Å². The van der Waals surface area contributed by atoms with E-state index >= 15 is 0 Å². The van der Waals surface area contributed by atoms with Crippen LogP contribution in [0.3, 0.4) is 0 Å². The molecule has 0 aromatic rings. The van der Waals surface area contributed by atoms with Crippen molar-refractivity contribution in [3.8, 4) is 0 Å². The molecule has 0 aliphatic carbocycles. The Bertz CT molecular complexity index is 272.